The molecule has 0 bridgehead atoms. The van der Waals surface area contributed by atoms with Crippen LogP contribution in [-0.4, -0.2) is 48.8 Å². The molecule has 1 saturated heterocycles. The molecule has 0 spiro atoms. The minimum atomic E-state index is -0.951. The molecule has 1 saturated carbocycles. The number of carboxylic acids is 1. The molecule has 0 amide bonds. The highest BCUT2D eigenvalue weighted by Gasteiger charge is 2.45. The summed E-state index contributed by atoms with van der Waals surface area (Å²) in [6, 6.07) is 12.1. The van der Waals surface area contributed by atoms with Crippen LogP contribution in [0.3, 0.4) is 0 Å². The quantitative estimate of drug-likeness (QED) is 0.454. The molecule has 6 nitrogen and oxygen atoms in total. The molecule has 32 heavy (non-hydrogen) atoms. The van der Waals surface area contributed by atoms with E-state index in [0.29, 0.717) is 29.9 Å². The van der Waals surface area contributed by atoms with E-state index in [9.17, 15) is 9.90 Å². The maximum Gasteiger partial charge on any atom is 0.341 e. The van der Waals surface area contributed by atoms with Gasteiger partial charge in [-0.1, -0.05) is 25.1 Å². The normalized spacial score (nSPS) is 23.7. The Morgan fingerprint density at radius 1 is 1.25 bits per heavy atom. The van der Waals surface area contributed by atoms with E-state index >= 15 is 0 Å². The molecule has 2 unspecified atom stereocenters. The first-order chi connectivity index (χ1) is 15.6. The number of likely N-dealkylation sites (tertiary alicyclic amines) is 1. The van der Waals surface area contributed by atoms with E-state index in [1.807, 2.05) is 24.3 Å². The molecule has 2 aromatic carbocycles. The highest BCUT2D eigenvalue weighted by molar-refractivity contribution is 8.00. The number of carbonyl (C=O) groups is 1. The Kier molecular flexibility index (Phi) is 6.20. The number of anilines is 2. The second-order valence-electron chi connectivity index (χ2n) is 9.09. The van der Waals surface area contributed by atoms with Crippen LogP contribution in [0.4, 0.5) is 11.4 Å². The van der Waals surface area contributed by atoms with Crippen LogP contribution in [-0.2, 0) is 0 Å². The zero-order valence-electron chi connectivity index (χ0n) is 18.5. The molecule has 1 aliphatic carbocycles. The summed E-state index contributed by atoms with van der Waals surface area (Å²) in [4.78, 5) is 15.6. The largest absolute Gasteiger partial charge is 0.492 e. The second-order valence-corrected chi connectivity index (χ2v) is 9.94. The van der Waals surface area contributed by atoms with Gasteiger partial charge in [0.05, 0.1) is 17.2 Å². The van der Waals surface area contributed by atoms with Crippen LogP contribution in [0.25, 0.3) is 0 Å². The number of nitrogens with one attached hydrogen (secondary N) is 2. The van der Waals surface area contributed by atoms with E-state index in [4.69, 9.17) is 4.74 Å². The van der Waals surface area contributed by atoms with E-state index in [1.165, 1.54) is 31.5 Å². The third-order valence-corrected chi connectivity index (χ3v) is 7.91. The maximum absolute atomic E-state index is 12.1. The van der Waals surface area contributed by atoms with E-state index in [2.05, 4.69) is 34.0 Å². The lowest BCUT2D eigenvalue weighted by Gasteiger charge is -2.21. The van der Waals surface area contributed by atoms with Gasteiger partial charge in [0.15, 0.2) is 0 Å². The minimum Gasteiger partial charge on any atom is -0.492 e. The van der Waals surface area contributed by atoms with Gasteiger partial charge in [0.1, 0.15) is 11.3 Å². The molecule has 2 aromatic rings. The number of benzene rings is 2. The molecule has 7 heteroatoms. The van der Waals surface area contributed by atoms with Gasteiger partial charge < -0.3 is 24.8 Å². The van der Waals surface area contributed by atoms with E-state index < -0.39 is 5.97 Å². The molecule has 2 fully saturated rings. The molecule has 2 aliphatic heterocycles. The minimum absolute atomic E-state index is 0.243. The standard InChI is InChI=1S/C25H31N3O3S/c1-2-28-12-10-16(14-28)9-11-26-20-5-3-4-6-22(20)32-27-21-8-7-18-19-13-17(19)15-31-24(18)23(21)25(29)30/h3-8,16-17,19,26-27H,2,9-15H2,1H3,(H,29,30)/t16-,17?,19?/m0/s1. The molecule has 5 rings (SSSR count). The van der Waals surface area contributed by atoms with Crippen LogP contribution >= 0.6 is 11.9 Å². The lowest BCUT2D eigenvalue weighted by molar-refractivity contribution is 0.0692. The van der Waals surface area contributed by atoms with Crippen LogP contribution in [0.2, 0.25) is 0 Å². The predicted molar refractivity (Wildman–Crippen MR) is 129 cm³/mol. The molecule has 0 radical (unpaired) electrons. The van der Waals surface area contributed by atoms with Crippen LogP contribution < -0.4 is 14.8 Å². The Hall–Kier alpha value is -2.38. The van der Waals surface area contributed by atoms with Crippen molar-refractivity contribution < 1.29 is 14.6 Å². The van der Waals surface area contributed by atoms with Crippen LogP contribution in [0.5, 0.6) is 5.75 Å². The first-order valence-corrected chi connectivity index (χ1v) is 12.5. The van der Waals surface area contributed by atoms with Crippen LogP contribution in [0.1, 0.15) is 48.0 Å². The second kappa shape index (κ2) is 9.24. The summed E-state index contributed by atoms with van der Waals surface area (Å²) < 4.78 is 9.14. The number of rotatable bonds is 9. The first-order valence-electron chi connectivity index (χ1n) is 11.6. The zero-order valence-corrected chi connectivity index (χ0v) is 19.3. The lowest BCUT2D eigenvalue weighted by atomic mass is 10.0. The number of hydrogen-bond donors (Lipinski definition) is 3. The fourth-order valence-corrected chi connectivity index (χ4v) is 5.79. The first kappa shape index (κ1) is 21.5. The number of fused-ring (bicyclic) bond motifs is 3. The molecule has 2 heterocycles. The summed E-state index contributed by atoms with van der Waals surface area (Å²) in [6.45, 7) is 7.36. The Balaban J connectivity index is 1.24. The van der Waals surface area contributed by atoms with Crippen molar-refractivity contribution in [3.63, 3.8) is 0 Å². The number of hydrogen-bond acceptors (Lipinski definition) is 6. The van der Waals surface area contributed by atoms with Crippen molar-refractivity contribution in [1.82, 2.24) is 4.90 Å². The van der Waals surface area contributed by atoms with Gasteiger partial charge in [-0.25, -0.2) is 4.79 Å². The Labute approximate surface area is 193 Å². The average molecular weight is 454 g/mol. The lowest BCUT2D eigenvalue weighted by Crippen LogP contribution is -2.20. The van der Waals surface area contributed by atoms with E-state index in [1.54, 1.807) is 0 Å². The van der Waals surface area contributed by atoms with Gasteiger partial charge in [-0.2, -0.15) is 0 Å². The number of aromatic carboxylic acids is 1. The monoisotopic (exact) mass is 453 g/mol. The smallest absolute Gasteiger partial charge is 0.341 e. The molecule has 0 aromatic heterocycles. The summed E-state index contributed by atoms with van der Waals surface area (Å²) in [5.41, 5.74) is 2.94. The van der Waals surface area contributed by atoms with Crippen molar-refractivity contribution in [2.75, 3.05) is 42.8 Å². The van der Waals surface area contributed by atoms with Gasteiger partial charge in [0, 0.05) is 24.7 Å². The molecular weight excluding hydrogens is 422 g/mol. The summed E-state index contributed by atoms with van der Waals surface area (Å²) >= 11 is 1.44. The third-order valence-electron chi connectivity index (χ3n) is 7.01. The number of para-hydroxylation sites is 1. The number of carboxylic acid groups (broad SMARTS) is 1. The summed E-state index contributed by atoms with van der Waals surface area (Å²) in [6.07, 6.45) is 3.55. The Bertz CT molecular complexity index is 998. The van der Waals surface area contributed by atoms with Crippen molar-refractivity contribution in [2.24, 2.45) is 11.8 Å². The fourth-order valence-electron chi connectivity index (χ4n) is 5.01. The molecule has 3 aliphatic rings. The van der Waals surface area contributed by atoms with Crippen LogP contribution in [0, 0.1) is 11.8 Å². The third kappa shape index (κ3) is 4.41. The van der Waals surface area contributed by atoms with Crippen molar-refractivity contribution in [3.8, 4) is 5.75 Å². The van der Waals surface area contributed by atoms with E-state index in [-0.39, 0.29) is 5.56 Å². The summed E-state index contributed by atoms with van der Waals surface area (Å²) in [5.74, 6) is 1.39. The van der Waals surface area contributed by atoms with Crippen molar-refractivity contribution >= 4 is 29.3 Å². The highest BCUT2D eigenvalue weighted by atomic mass is 32.2. The summed E-state index contributed by atoms with van der Waals surface area (Å²) in [7, 11) is 0. The molecule has 3 N–H and O–H groups in total. The van der Waals surface area contributed by atoms with Gasteiger partial charge >= 0.3 is 5.97 Å². The molecular formula is C25H31N3O3S. The van der Waals surface area contributed by atoms with Crippen molar-refractivity contribution in [1.29, 1.82) is 0 Å². The highest BCUT2D eigenvalue weighted by Crippen LogP contribution is 2.55. The number of ether oxygens (including phenoxy) is 1. The topological polar surface area (TPSA) is 73.8 Å². The Morgan fingerprint density at radius 3 is 2.94 bits per heavy atom. The predicted octanol–water partition coefficient (Wildman–Crippen LogP) is 5.14. The molecule has 3 atom stereocenters. The SMILES string of the molecule is CCN1CC[C@H](CCNc2ccccc2SNc2ccc3c(c2C(=O)O)OCC2CC32)C1. The van der Waals surface area contributed by atoms with Crippen LogP contribution in [0.15, 0.2) is 41.3 Å². The summed E-state index contributed by atoms with van der Waals surface area (Å²) in [5, 5.41) is 13.5. The maximum atomic E-state index is 12.1. The fraction of sp³-hybridized carbons (Fsp3) is 0.480. The van der Waals surface area contributed by atoms with Gasteiger partial charge in [0.2, 0.25) is 0 Å². The molecule has 170 valence electrons. The Morgan fingerprint density at radius 2 is 2.12 bits per heavy atom. The number of nitrogens with zero attached hydrogens (tertiary/aromatic N) is 1. The van der Waals surface area contributed by atoms with Gasteiger partial charge in [0.25, 0.3) is 0 Å². The zero-order chi connectivity index (χ0) is 22.1. The van der Waals surface area contributed by atoms with Crippen molar-refractivity contribution in [3.05, 3.63) is 47.5 Å². The van der Waals surface area contributed by atoms with Crippen molar-refractivity contribution in [2.45, 2.75) is 37.0 Å². The van der Waals surface area contributed by atoms with Gasteiger partial charge in [-0.3, -0.25) is 0 Å². The van der Waals surface area contributed by atoms with Gasteiger partial charge in [-0.05, 0) is 79.9 Å². The average Bonchev–Trinajstić information content (AvgIpc) is 3.47. The van der Waals surface area contributed by atoms with Gasteiger partial charge in [-0.15, -0.1) is 0 Å². The van der Waals surface area contributed by atoms with E-state index in [0.717, 1.165) is 48.0 Å².